The predicted octanol–water partition coefficient (Wildman–Crippen LogP) is 3.97. The molecule has 13 heteroatoms. The number of hydrogen-bond donors (Lipinski definition) is 9. The summed E-state index contributed by atoms with van der Waals surface area (Å²) in [7, 11) is 0. The minimum Gasteiger partial charge on any atom is -0.370 e. The van der Waals surface area contributed by atoms with Crippen LogP contribution in [-0.4, -0.2) is 73.4 Å². The third kappa shape index (κ3) is 26.9. The van der Waals surface area contributed by atoms with Crippen LogP contribution in [0.25, 0.3) is 0 Å². The fraction of sp³-hybridized carbons (Fsp3) is 0.865. The highest BCUT2D eigenvalue weighted by molar-refractivity contribution is 5.94. The minimum absolute atomic E-state index is 0.0968. The molecular formula is C37H75N9O4. The number of unbranched alkanes of at least 4 members (excludes halogenated alkanes) is 14. The second-order valence-electron chi connectivity index (χ2n) is 13.9. The van der Waals surface area contributed by atoms with Gasteiger partial charge in [0, 0.05) is 19.0 Å². The van der Waals surface area contributed by atoms with E-state index < -0.39 is 29.9 Å². The van der Waals surface area contributed by atoms with Crippen LogP contribution in [0.3, 0.4) is 0 Å². The van der Waals surface area contributed by atoms with Crippen LogP contribution in [0.1, 0.15) is 162 Å². The molecule has 4 atom stereocenters. The summed E-state index contributed by atoms with van der Waals surface area (Å²) in [6, 6.07) is -2.63. The van der Waals surface area contributed by atoms with Crippen molar-refractivity contribution in [3.8, 4) is 0 Å². The molecule has 0 aromatic rings. The Bertz CT molecular complexity index is 921. The third-order valence-electron chi connectivity index (χ3n) is 8.96. The van der Waals surface area contributed by atoms with E-state index in [1.54, 1.807) is 6.92 Å². The Kier molecular flexibility index (Phi) is 30.1. The average molecular weight is 710 g/mol. The molecule has 50 heavy (non-hydrogen) atoms. The minimum atomic E-state index is -0.880. The Morgan fingerprint density at radius 1 is 0.560 bits per heavy atom. The van der Waals surface area contributed by atoms with Crippen molar-refractivity contribution in [2.45, 2.75) is 186 Å². The highest BCUT2D eigenvalue weighted by atomic mass is 16.2. The SMILES string of the molecule is CCCCCCCCCCCCCCCC(=O)N[C@@H](CCCCN)C(=O)N[C@@H](CCCCN)C(=O)N[C@@H](C)C(=O)N[C@H](C)CCCNC(=N)N. The smallest absolute Gasteiger partial charge is 0.243 e. The summed E-state index contributed by atoms with van der Waals surface area (Å²) < 4.78 is 0. The van der Waals surface area contributed by atoms with E-state index in [0.29, 0.717) is 71.0 Å². The van der Waals surface area contributed by atoms with Crippen molar-refractivity contribution in [3.63, 3.8) is 0 Å². The summed E-state index contributed by atoms with van der Waals surface area (Å²) in [5.41, 5.74) is 16.7. The Morgan fingerprint density at radius 3 is 1.54 bits per heavy atom. The molecule has 0 saturated heterocycles. The lowest BCUT2D eigenvalue weighted by atomic mass is 10.0. The van der Waals surface area contributed by atoms with Crippen LogP contribution in [0.4, 0.5) is 0 Å². The number of carbonyl (C=O) groups is 4. The average Bonchev–Trinajstić information content (AvgIpc) is 3.07. The first-order valence-electron chi connectivity index (χ1n) is 19.7. The molecule has 0 aromatic carbocycles. The molecule has 4 amide bonds. The number of hydrogen-bond acceptors (Lipinski definition) is 7. The molecule has 0 aliphatic carbocycles. The number of guanidine groups is 1. The second-order valence-corrected chi connectivity index (χ2v) is 13.9. The molecule has 292 valence electrons. The number of nitrogens with one attached hydrogen (secondary N) is 6. The largest absolute Gasteiger partial charge is 0.370 e. The van der Waals surface area contributed by atoms with Gasteiger partial charge in [-0.1, -0.05) is 84.0 Å². The quantitative estimate of drug-likeness (QED) is 0.0274. The highest BCUT2D eigenvalue weighted by Gasteiger charge is 2.28. The first kappa shape index (κ1) is 47.1. The van der Waals surface area contributed by atoms with Gasteiger partial charge in [-0.25, -0.2) is 0 Å². The number of amides is 4. The molecule has 0 radical (unpaired) electrons. The summed E-state index contributed by atoms with van der Waals surface area (Å²) in [6.45, 7) is 7.18. The molecule has 0 aliphatic rings. The molecule has 13 nitrogen and oxygen atoms in total. The molecule has 0 aliphatic heterocycles. The number of nitrogens with two attached hydrogens (primary N) is 3. The molecule has 0 fully saturated rings. The van der Waals surface area contributed by atoms with Gasteiger partial charge in [0.1, 0.15) is 18.1 Å². The van der Waals surface area contributed by atoms with E-state index in [0.717, 1.165) is 25.7 Å². The number of carbonyl (C=O) groups excluding carboxylic acids is 4. The molecule has 0 bridgehead atoms. The zero-order chi connectivity index (χ0) is 37.4. The molecular weight excluding hydrogens is 634 g/mol. The summed E-state index contributed by atoms with van der Waals surface area (Å²) in [4.78, 5) is 52.5. The van der Waals surface area contributed by atoms with Crippen molar-refractivity contribution >= 4 is 29.6 Å². The highest BCUT2D eigenvalue weighted by Crippen LogP contribution is 2.13. The lowest BCUT2D eigenvalue weighted by Gasteiger charge is -2.25. The third-order valence-corrected chi connectivity index (χ3v) is 8.96. The molecule has 12 N–H and O–H groups in total. The first-order valence-corrected chi connectivity index (χ1v) is 19.7. The van der Waals surface area contributed by atoms with E-state index in [1.807, 2.05) is 6.92 Å². The van der Waals surface area contributed by atoms with Crippen LogP contribution >= 0.6 is 0 Å². The molecule has 0 unspecified atom stereocenters. The second kappa shape index (κ2) is 32.0. The summed E-state index contributed by atoms with van der Waals surface area (Å²) in [5.74, 6) is -1.48. The molecule has 0 spiro atoms. The van der Waals surface area contributed by atoms with Gasteiger partial charge in [-0.3, -0.25) is 24.6 Å². The predicted molar refractivity (Wildman–Crippen MR) is 204 cm³/mol. The molecule has 0 heterocycles. The van der Waals surface area contributed by atoms with Gasteiger partial charge in [-0.15, -0.1) is 0 Å². The van der Waals surface area contributed by atoms with Crippen molar-refractivity contribution < 1.29 is 19.2 Å². The zero-order valence-corrected chi connectivity index (χ0v) is 31.9. The van der Waals surface area contributed by atoms with Crippen LogP contribution in [-0.2, 0) is 19.2 Å². The normalized spacial score (nSPS) is 13.5. The summed E-state index contributed by atoms with van der Waals surface area (Å²) in [5, 5.41) is 21.3. The topological polar surface area (TPSA) is 230 Å². The van der Waals surface area contributed by atoms with Gasteiger partial charge in [0.05, 0.1) is 0 Å². The Hall–Kier alpha value is -2.93. The lowest BCUT2D eigenvalue weighted by molar-refractivity contribution is -0.134. The van der Waals surface area contributed by atoms with Gasteiger partial charge in [-0.05, 0) is 84.7 Å². The van der Waals surface area contributed by atoms with E-state index in [2.05, 4.69) is 33.5 Å². The van der Waals surface area contributed by atoms with E-state index in [4.69, 9.17) is 22.6 Å². The first-order chi connectivity index (χ1) is 24.0. The van der Waals surface area contributed by atoms with E-state index in [-0.39, 0.29) is 23.8 Å². The van der Waals surface area contributed by atoms with Crippen LogP contribution in [0, 0.1) is 5.41 Å². The van der Waals surface area contributed by atoms with Crippen molar-refractivity contribution in [2.75, 3.05) is 19.6 Å². The summed E-state index contributed by atoms with van der Waals surface area (Å²) in [6.07, 6.45) is 21.1. The van der Waals surface area contributed by atoms with Crippen molar-refractivity contribution in [1.82, 2.24) is 26.6 Å². The number of rotatable bonds is 33. The van der Waals surface area contributed by atoms with E-state index >= 15 is 0 Å². The Labute approximate surface area is 303 Å². The fourth-order valence-corrected chi connectivity index (χ4v) is 5.82. The maximum Gasteiger partial charge on any atom is 0.243 e. The van der Waals surface area contributed by atoms with Gasteiger partial charge in [0.25, 0.3) is 0 Å². The van der Waals surface area contributed by atoms with Gasteiger partial charge in [0.2, 0.25) is 23.6 Å². The maximum atomic E-state index is 13.5. The van der Waals surface area contributed by atoms with Crippen LogP contribution in [0.15, 0.2) is 0 Å². The lowest BCUT2D eigenvalue weighted by Crippen LogP contribution is -2.56. The molecule has 0 saturated carbocycles. The van der Waals surface area contributed by atoms with Crippen molar-refractivity contribution in [2.24, 2.45) is 17.2 Å². The van der Waals surface area contributed by atoms with Crippen molar-refractivity contribution in [3.05, 3.63) is 0 Å². The van der Waals surface area contributed by atoms with E-state index in [9.17, 15) is 19.2 Å². The van der Waals surface area contributed by atoms with Gasteiger partial charge in [-0.2, -0.15) is 0 Å². The molecule has 0 aromatic heterocycles. The monoisotopic (exact) mass is 710 g/mol. The summed E-state index contributed by atoms with van der Waals surface area (Å²) >= 11 is 0. The fourth-order valence-electron chi connectivity index (χ4n) is 5.82. The van der Waals surface area contributed by atoms with Crippen LogP contribution < -0.4 is 43.8 Å². The Morgan fingerprint density at radius 2 is 1.04 bits per heavy atom. The molecule has 0 rings (SSSR count). The van der Waals surface area contributed by atoms with Crippen molar-refractivity contribution in [1.29, 1.82) is 5.41 Å². The van der Waals surface area contributed by atoms with Gasteiger partial charge in [0.15, 0.2) is 5.96 Å². The van der Waals surface area contributed by atoms with Crippen LogP contribution in [0.2, 0.25) is 0 Å². The standard InChI is InChI=1S/C37H75N9O4/c1-4-5-6-7-8-9-10-11-12-13-14-15-16-25-33(47)45-31(23-17-19-26-38)36(50)46-32(24-18-20-27-39)35(49)44-30(3)34(48)43-29(2)22-21-28-42-37(40)41/h29-32H,4-28,38-39H2,1-3H3,(H,43,48)(H,44,49)(H,45,47)(H,46,50)(H4,40,41,42)/t29-,30+,31+,32+/m1/s1. The van der Waals surface area contributed by atoms with E-state index in [1.165, 1.54) is 64.2 Å². The van der Waals surface area contributed by atoms with Gasteiger partial charge >= 0.3 is 0 Å². The Balaban J connectivity index is 4.89. The zero-order valence-electron chi connectivity index (χ0n) is 31.9. The van der Waals surface area contributed by atoms with Gasteiger partial charge < -0.3 is 43.8 Å². The van der Waals surface area contributed by atoms with Crippen LogP contribution in [0.5, 0.6) is 0 Å². The maximum absolute atomic E-state index is 13.5.